The van der Waals surface area contributed by atoms with Gasteiger partial charge in [-0.3, -0.25) is 9.59 Å². The first kappa shape index (κ1) is 26.9. The highest BCUT2D eigenvalue weighted by molar-refractivity contribution is 6.84. The third-order valence-corrected chi connectivity index (χ3v) is 14.7. The van der Waals surface area contributed by atoms with Crippen LogP contribution in [0, 0.1) is 0 Å². The van der Waals surface area contributed by atoms with E-state index in [9.17, 15) is 14.7 Å². The minimum Gasteiger partial charge on any atom is -0.508 e. The molecule has 2 amide bonds. The Bertz CT molecular complexity index is 988. The molecule has 3 N–H and O–H groups in total. The van der Waals surface area contributed by atoms with Crippen LogP contribution in [0.3, 0.4) is 0 Å². The summed E-state index contributed by atoms with van der Waals surface area (Å²) in [5.41, 5.74) is 0.618. The van der Waals surface area contributed by atoms with Gasteiger partial charge in [-0.2, -0.15) is 0 Å². The molecule has 7 heteroatoms. The Labute approximate surface area is 212 Å². The molecule has 1 aromatic rings. The highest BCUT2D eigenvalue weighted by Gasteiger charge is 2.26. The minimum atomic E-state index is -1.44. The molecule has 0 heterocycles. The molecule has 0 aliphatic heterocycles. The predicted molar refractivity (Wildman–Crippen MR) is 150 cm³/mol. The van der Waals surface area contributed by atoms with Gasteiger partial charge in [0, 0.05) is 24.2 Å². The number of hydrogen-bond acceptors (Lipinski definition) is 3. The smallest absolute Gasteiger partial charge is 0.251 e. The SMILES string of the molecule is C[Si](C)(CCCNC(=O)c1cc(O)cc(C(=O)NCCC[Si](C)(C)C2=CC=CC2)c1)C1=CC=CC1. The zero-order valence-corrected chi connectivity index (χ0v) is 23.6. The number of phenols is 1. The third kappa shape index (κ3) is 7.67. The van der Waals surface area contributed by atoms with Crippen molar-refractivity contribution in [1.29, 1.82) is 0 Å². The largest absolute Gasteiger partial charge is 0.508 e. The molecule has 188 valence electrons. The standard InChI is InChI=1S/C28H40N2O3Si2/c1-34(2,25-11-5-6-12-25)17-9-15-29-27(32)22-19-23(21-24(31)20-22)28(33)30-16-10-18-35(3,4)26-13-7-8-14-26/h5-8,11,13,19-21,31H,9-10,12,14-18H2,1-4H3,(H,29,32)(H,30,33). The Morgan fingerprint density at radius 3 is 1.57 bits per heavy atom. The van der Waals surface area contributed by atoms with Crippen LogP contribution < -0.4 is 10.6 Å². The highest BCUT2D eigenvalue weighted by Crippen LogP contribution is 2.28. The van der Waals surface area contributed by atoms with Gasteiger partial charge in [0.25, 0.3) is 11.8 Å². The van der Waals surface area contributed by atoms with Crippen LogP contribution in [0.25, 0.3) is 0 Å². The zero-order valence-electron chi connectivity index (χ0n) is 21.6. The first-order chi connectivity index (χ1) is 16.6. The first-order valence-electron chi connectivity index (χ1n) is 12.7. The van der Waals surface area contributed by atoms with Crippen LogP contribution >= 0.6 is 0 Å². The molecule has 0 atom stereocenters. The number of carbonyl (C=O) groups excluding carboxylic acids is 2. The van der Waals surface area contributed by atoms with E-state index < -0.39 is 16.1 Å². The third-order valence-electron chi connectivity index (χ3n) is 7.25. The summed E-state index contributed by atoms with van der Waals surface area (Å²) in [5, 5.41) is 19.1. The second kappa shape index (κ2) is 11.9. The Balaban J connectivity index is 1.45. The van der Waals surface area contributed by atoms with Crippen LogP contribution in [-0.4, -0.2) is 46.2 Å². The molecule has 0 radical (unpaired) electrons. The van der Waals surface area contributed by atoms with E-state index in [4.69, 9.17) is 0 Å². The molecule has 35 heavy (non-hydrogen) atoms. The second-order valence-corrected chi connectivity index (χ2v) is 20.7. The molecule has 0 bridgehead atoms. The van der Waals surface area contributed by atoms with Crippen molar-refractivity contribution >= 4 is 28.0 Å². The molecule has 0 aromatic heterocycles. The van der Waals surface area contributed by atoms with E-state index in [0.29, 0.717) is 24.2 Å². The van der Waals surface area contributed by atoms with Crippen molar-refractivity contribution < 1.29 is 14.7 Å². The Kier molecular flexibility index (Phi) is 9.13. The molecular weight excluding hydrogens is 468 g/mol. The number of amides is 2. The van der Waals surface area contributed by atoms with Crippen molar-refractivity contribution in [2.45, 2.75) is 64.0 Å². The zero-order chi connectivity index (χ0) is 25.5. The maximum atomic E-state index is 12.7. The normalized spacial score (nSPS) is 15.2. The van der Waals surface area contributed by atoms with Crippen molar-refractivity contribution in [2.24, 2.45) is 0 Å². The molecule has 5 nitrogen and oxygen atoms in total. The van der Waals surface area contributed by atoms with Crippen LogP contribution in [0.4, 0.5) is 0 Å². The Morgan fingerprint density at radius 1 is 0.771 bits per heavy atom. The van der Waals surface area contributed by atoms with E-state index in [1.54, 1.807) is 16.5 Å². The summed E-state index contributed by atoms with van der Waals surface area (Å²) in [5.74, 6) is -0.601. The summed E-state index contributed by atoms with van der Waals surface area (Å²) in [6.07, 6.45) is 17.1. The summed E-state index contributed by atoms with van der Waals surface area (Å²) in [7, 11) is -2.88. The van der Waals surface area contributed by atoms with Gasteiger partial charge in [-0.1, -0.05) is 85.1 Å². The molecule has 2 aliphatic rings. The average Bonchev–Trinajstić information content (AvgIpc) is 3.54. The molecule has 0 unspecified atom stereocenters. The molecule has 0 fully saturated rings. The van der Waals surface area contributed by atoms with Gasteiger partial charge >= 0.3 is 0 Å². The molecule has 0 spiro atoms. The van der Waals surface area contributed by atoms with Gasteiger partial charge in [-0.05, 0) is 43.9 Å². The van der Waals surface area contributed by atoms with Gasteiger partial charge in [0.05, 0.1) is 16.1 Å². The monoisotopic (exact) mass is 508 g/mol. The van der Waals surface area contributed by atoms with Crippen LogP contribution in [0.15, 0.2) is 65.0 Å². The fourth-order valence-corrected chi connectivity index (χ4v) is 9.96. The van der Waals surface area contributed by atoms with Gasteiger partial charge in [-0.15, -0.1) is 0 Å². The lowest BCUT2D eigenvalue weighted by Gasteiger charge is -2.24. The molecule has 2 aliphatic carbocycles. The van der Waals surface area contributed by atoms with Crippen LogP contribution in [-0.2, 0) is 0 Å². The van der Waals surface area contributed by atoms with Gasteiger partial charge < -0.3 is 15.7 Å². The summed E-state index contributed by atoms with van der Waals surface area (Å²) < 4.78 is 0. The van der Waals surface area contributed by atoms with Gasteiger partial charge in [0.2, 0.25) is 0 Å². The Hall–Kier alpha value is -2.65. The number of benzene rings is 1. The van der Waals surface area contributed by atoms with Gasteiger partial charge in [-0.25, -0.2) is 0 Å². The van der Waals surface area contributed by atoms with Crippen molar-refractivity contribution in [3.8, 4) is 5.75 Å². The maximum absolute atomic E-state index is 12.7. The van der Waals surface area contributed by atoms with Crippen molar-refractivity contribution in [3.63, 3.8) is 0 Å². The van der Waals surface area contributed by atoms with Crippen molar-refractivity contribution in [2.75, 3.05) is 13.1 Å². The summed E-state index contributed by atoms with van der Waals surface area (Å²) in [6, 6.07) is 6.62. The summed E-state index contributed by atoms with van der Waals surface area (Å²) in [6.45, 7) is 10.7. The van der Waals surface area contributed by atoms with Gasteiger partial charge in [0.1, 0.15) is 5.75 Å². The number of phenolic OH excluding ortho intramolecular Hbond substituents is 1. The number of hydrogen-bond donors (Lipinski definition) is 3. The van der Waals surface area contributed by atoms with E-state index in [1.165, 1.54) is 12.1 Å². The van der Waals surface area contributed by atoms with Gasteiger partial charge in [0.15, 0.2) is 0 Å². The second-order valence-electron chi connectivity index (χ2n) is 10.9. The fourth-order valence-electron chi connectivity index (χ4n) is 4.76. The number of rotatable bonds is 12. The molecule has 0 saturated heterocycles. The van der Waals surface area contributed by atoms with Crippen LogP contribution in [0.1, 0.15) is 46.4 Å². The average molecular weight is 509 g/mol. The number of carbonyl (C=O) groups is 2. The van der Waals surface area contributed by atoms with Crippen molar-refractivity contribution in [3.05, 3.63) is 76.2 Å². The number of nitrogens with one attached hydrogen (secondary N) is 2. The maximum Gasteiger partial charge on any atom is 0.251 e. The lowest BCUT2D eigenvalue weighted by molar-refractivity contribution is 0.0953. The lowest BCUT2D eigenvalue weighted by atomic mass is 10.1. The molecular formula is C28H40N2O3Si2. The first-order valence-corrected chi connectivity index (χ1v) is 19.1. The van der Waals surface area contributed by atoms with E-state index in [2.05, 4.69) is 73.3 Å². The Morgan fingerprint density at radius 2 is 1.20 bits per heavy atom. The summed E-state index contributed by atoms with van der Waals surface area (Å²) >= 11 is 0. The number of allylic oxidation sites excluding steroid dienone is 8. The van der Waals surface area contributed by atoms with Crippen molar-refractivity contribution in [1.82, 2.24) is 10.6 Å². The fraction of sp³-hybridized carbons (Fsp3) is 0.429. The van der Waals surface area contributed by atoms with E-state index in [0.717, 1.165) is 37.8 Å². The van der Waals surface area contributed by atoms with E-state index >= 15 is 0 Å². The summed E-state index contributed by atoms with van der Waals surface area (Å²) in [4.78, 5) is 25.4. The van der Waals surface area contributed by atoms with Crippen LogP contribution in [0.2, 0.25) is 38.3 Å². The van der Waals surface area contributed by atoms with Crippen LogP contribution in [0.5, 0.6) is 5.75 Å². The predicted octanol–water partition coefficient (Wildman–Crippen LogP) is 5.90. The molecule has 1 aromatic carbocycles. The van der Waals surface area contributed by atoms with E-state index in [1.807, 2.05) is 0 Å². The van der Waals surface area contributed by atoms with E-state index in [-0.39, 0.29) is 17.6 Å². The minimum absolute atomic E-state index is 0.0776. The quantitative estimate of drug-likeness (QED) is 0.243. The highest BCUT2D eigenvalue weighted by atomic mass is 28.3. The lowest BCUT2D eigenvalue weighted by Crippen LogP contribution is -2.32. The topological polar surface area (TPSA) is 78.4 Å². The number of aromatic hydroxyl groups is 1. The molecule has 3 rings (SSSR count). The molecule has 0 saturated carbocycles.